The number of sulfonamides is 1. The Hall–Kier alpha value is -4.29. The fraction of sp³-hybridized carbons (Fsp3) is 0.200. The highest BCUT2D eigenvalue weighted by atomic mass is 32.2. The Balaban J connectivity index is 1.58. The molecule has 0 unspecified atom stereocenters. The molecule has 0 saturated carbocycles. The molecule has 7 rings (SSSR count). The zero-order chi connectivity index (χ0) is 28.1. The van der Waals surface area contributed by atoms with Gasteiger partial charge in [0.05, 0.1) is 16.1 Å². The summed E-state index contributed by atoms with van der Waals surface area (Å²) in [5, 5.41) is 2.31. The van der Waals surface area contributed by atoms with Gasteiger partial charge in [0.15, 0.2) is 0 Å². The minimum Gasteiger partial charge on any atom is -0.336 e. The first-order chi connectivity index (χ1) is 19.9. The molecule has 2 aromatic heterocycles. The van der Waals surface area contributed by atoms with Crippen LogP contribution in [0.2, 0.25) is 0 Å². The van der Waals surface area contributed by atoms with Crippen molar-refractivity contribution >= 4 is 37.6 Å². The minimum atomic E-state index is -3.82. The Kier molecular flexibility index (Phi) is 6.24. The molecule has 0 aliphatic carbocycles. The molecule has 0 fully saturated rings. The van der Waals surface area contributed by atoms with Gasteiger partial charge in [-0.1, -0.05) is 84.4 Å². The van der Waals surface area contributed by atoms with Crippen LogP contribution in [0.1, 0.15) is 29.5 Å². The van der Waals surface area contributed by atoms with Crippen molar-refractivity contribution in [1.29, 1.82) is 0 Å². The van der Waals surface area contributed by atoms with Gasteiger partial charge in [-0.05, 0) is 61.6 Å². The third-order valence-electron chi connectivity index (χ3n) is 8.46. The molecule has 41 heavy (non-hydrogen) atoms. The molecular weight excluding hydrogens is 526 g/mol. The molecule has 6 heteroatoms. The van der Waals surface area contributed by atoms with Crippen molar-refractivity contribution in [3.63, 3.8) is 0 Å². The van der Waals surface area contributed by atoms with E-state index in [9.17, 15) is 8.42 Å². The summed E-state index contributed by atoms with van der Waals surface area (Å²) in [6.07, 6.45) is 2.56. The summed E-state index contributed by atoms with van der Waals surface area (Å²) in [5.74, 6) is 0.729. The number of hydrogen-bond donors (Lipinski definition) is 0. The van der Waals surface area contributed by atoms with Crippen LogP contribution in [0.15, 0.2) is 108 Å². The number of hydrogen-bond acceptors (Lipinski definition) is 2. The van der Waals surface area contributed by atoms with Gasteiger partial charge in [-0.2, -0.15) is 0 Å². The van der Waals surface area contributed by atoms with Crippen LogP contribution in [0.3, 0.4) is 0 Å². The highest BCUT2D eigenvalue weighted by molar-refractivity contribution is 7.92. The second-order valence-corrected chi connectivity index (χ2v) is 12.9. The van der Waals surface area contributed by atoms with Crippen molar-refractivity contribution in [2.45, 2.75) is 37.6 Å². The van der Waals surface area contributed by atoms with E-state index in [1.54, 1.807) is 16.4 Å². The third-order valence-corrected chi connectivity index (χ3v) is 10.3. The standard InChI is InChI=1S/C35H33N3O2S/c1-25-19-21-27(22-20-25)41(39,40)38-23-11-10-15-29-28-14-6-9-18-32(28)37(24-26-12-4-3-5-13-26)34(29)33-30-16-7-8-17-31(30)36(2)35(33)38/h3-9,12-14,16-22H,10-11,15,23-24H2,1-2H3. The molecule has 3 heterocycles. The Morgan fingerprint density at radius 1 is 0.732 bits per heavy atom. The van der Waals surface area contributed by atoms with Gasteiger partial charge < -0.3 is 9.13 Å². The molecular formula is C35H33N3O2S. The van der Waals surface area contributed by atoms with Crippen LogP contribution in [-0.2, 0) is 30.0 Å². The molecule has 0 spiro atoms. The summed E-state index contributed by atoms with van der Waals surface area (Å²) < 4.78 is 35.0. The van der Waals surface area contributed by atoms with Gasteiger partial charge in [-0.15, -0.1) is 0 Å². The lowest BCUT2D eigenvalue weighted by atomic mass is 10.00. The van der Waals surface area contributed by atoms with E-state index in [2.05, 4.69) is 75.9 Å². The molecule has 0 saturated heterocycles. The summed E-state index contributed by atoms with van der Waals surface area (Å²) in [4.78, 5) is 0.323. The highest BCUT2D eigenvalue weighted by Crippen LogP contribution is 2.47. The lowest BCUT2D eigenvalue weighted by Gasteiger charge is -2.26. The largest absolute Gasteiger partial charge is 0.336 e. The highest BCUT2D eigenvalue weighted by Gasteiger charge is 2.34. The fourth-order valence-electron chi connectivity index (χ4n) is 6.48. The summed E-state index contributed by atoms with van der Waals surface area (Å²) >= 11 is 0. The number of aryl methyl sites for hydroxylation is 3. The third kappa shape index (κ3) is 4.16. The van der Waals surface area contributed by atoms with Gasteiger partial charge in [0.1, 0.15) is 5.82 Å². The van der Waals surface area contributed by atoms with Crippen LogP contribution in [-0.4, -0.2) is 24.1 Å². The summed E-state index contributed by atoms with van der Waals surface area (Å²) in [5.41, 5.74) is 7.84. The van der Waals surface area contributed by atoms with E-state index in [1.165, 1.54) is 22.0 Å². The topological polar surface area (TPSA) is 47.2 Å². The monoisotopic (exact) mass is 559 g/mol. The first kappa shape index (κ1) is 25.7. The van der Waals surface area contributed by atoms with Crippen molar-refractivity contribution < 1.29 is 8.42 Å². The lowest BCUT2D eigenvalue weighted by Crippen LogP contribution is -2.34. The Morgan fingerprint density at radius 3 is 2.15 bits per heavy atom. The summed E-state index contributed by atoms with van der Waals surface area (Å²) in [7, 11) is -1.82. The number of anilines is 1. The number of nitrogens with zero attached hydrogens (tertiary/aromatic N) is 3. The van der Waals surface area contributed by atoms with Crippen LogP contribution >= 0.6 is 0 Å². The molecule has 1 aliphatic heterocycles. The normalized spacial score (nSPS) is 14.0. The Bertz CT molecular complexity index is 2000. The quantitative estimate of drug-likeness (QED) is 0.222. The smallest absolute Gasteiger partial charge is 0.265 e. The zero-order valence-electron chi connectivity index (χ0n) is 23.4. The van der Waals surface area contributed by atoms with E-state index in [4.69, 9.17) is 0 Å². The van der Waals surface area contributed by atoms with Gasteiger partial charge >= 0.3 is 0 Å². The van der Waals surface area contributed by atoms with Crippen LogP contribution in [0.5, 0.6) is 0 Å². The second-order valence-electron chi connectivity index (χ2n) is 11.0. The van der Waals surface area contributed by atoms with E-state index in [-0.39, 0.29) is 0 Å². The van der Waals surface area contributed by atoms with Gasteiger partial charge in [0.25, 0.3) is 10.0 Å². The number of fused-ring (bicyclic) bond motifs is 7. The zero-order valence-corrected chi connectivity index (χ0v) is 24.2. The number of aromatic nitrogens is 2. The number of para-hydroxylation sites is 2. The van der Waals surface area contributed by atoms with Gasteiger partial charge in [0, 0.05) is 42.0 Å². The predicted octanol–water partition coefficient (Wildman–Crippen LogP) is 7.69. The minimum absolute atomic E-state index is 0.323. The molecule has 1 aliphatic rings. The molecule has 0 atom stereocenters. The molecule has 0 radical (unpaired) electrons. The molecule has 0 amide bonds. The van der Waals surface area contributed by atoms with E-state index in [0.717, 1.165) is 52.8 Å². The first-order valence-electron chi connectivity index (χ1n) is 14.3. The molecule has 0 N–H and O–H groups in total. The van der Waals surface area contributed by atoms with Gasteiger partial charge in [0.2, 0.25) is 0 Å². The number of benzene rings is 4. The maximum atomic E-state index is 14.4. The van der Waals surface area contributed by atoms with E-state index in [1.807, 2.05) is 38.2 Å². The summed E-state index contributed by atoms with van der Waals surface area (Å²) in [6, 6.07) is 34.7. The lowest BCUT2D eigenvalue weighted by molar-refractivity contribution is 0.586. The molecule has 206 valence electrons. The Morgan fingerprint density at radius 2 is 1.39 bits per heavy atom. The Labute approximate surface area is 241 Å². The van der Waals surface area contributed by atoms with Crippen LogP contribution < -0.4 is 4.31 Å². The first-order valence-corrected chi connectivity index (χ1v) is 15.7. The van der Waals surface area contributed by atoms with Crippen molar-refractivity contribution in [3.05, 3.63) is 120 Å². The van der Waals surface area contributed by atoms with Crippen molar-refractivity contribution in [1.82, 2.24) is 9.13 Å². The average Bonchev–Trinajstić information content (AvgIpc) is 3.47. The number of rotatable bonds is 4. The van der Waals surface area contributed by atoms with Crippen LogP contribution in [0, 0.1) is 6.92 Å². The fourth-order valence-corrected chi connectivity index (χ4v) is 8.03. The van der Waals surface area contributed by atoms with E-state index in [0.29, 0.717) is 18.0 Å². The van der Waals surface area contributed by atoms with Crippen molar-refractivity contribution in [2.75, 3.05) is 10.8 Å². The molecule has 6 aromatic rings. The maximum Gasteiger partial charge on any atom is 0.265 e. The average molecular weight is 560 g/mol. The van der Waals surface area contributed by atoms with Gasteiger partial charge in [-0.25, -0.2) is 8.42 Å². The summed E-state index contributed by atoms with van der Waals surface area (Å²) in [6.45, 7) is 3.10. The van der Waals surface area contributed by atoms with E-state index < -0.39 is 10.0 Å². The van der Waals surface area contributed by atoms with Crippen LogP contribution in [0.4, 0.5) is 5.82 Å². The van der Waals surface area contributed by atoms with Crippen molar-refractivity contribution in [3.8, 4) is 11.3 Å². The van der Waals surface area contributed by atoms with Gasteiger partial charge in [-0.3, -0.25) is 4.31 Å². The van der Waals surface area contributed by atoms with Crippen molar-refractivity contribution in [2.24, 2.45) is 7.05 Å². The second kappa shape index (κ2) is 9.96. The molecule has 4 aromatic carbocycles. The van der Waals surface area contributed by atoms with E-state index >= 15 is 0 Å². The molecule has 0 bridgehead atoms. The SMILES string of the molecule is Cc1ccc(S(=O)(=O)N2CCCCc3c(n(Cc4ccccc4)c4ccccc34)-c3c2n(C)c2ccccc32)cc1. The maximum absolute atomic E-state index is 14.4. The van der Waals surface area contributed by atoms with Crippen LogP contribution in [0.25, 0.3) is 33.1 Å². The predicted molar refractivity (Wildman–Crippen MR) is 168 cm³/mol. The molecule has 5 nitrogen and oxygen atoms in total.